The fourth-order valence-corrected chi connectivity index (χ4v) is 4.71. The normalized spacial score (nSPS) is 17.0. The summed E-state index contributed by atoms with van der Waals surface area (Å²) in [5, 5.41) is 21.4. The third kappa shape index (κ3) is 4.69. The molecule has 0 radical (unpaired) electrons. The number of carbonyl (C=O) groups is 2. The van der Waals surface area contributed by atoms with Gasteiger partial charge in [0.2, 0.25) is 0 Å². The fraction of sp³-hybridized carbons (Fsp3) is 0.241. The van der Waals surface area contributed by atoms with E-state index in [1.807, 2.05) is 45.9 Å². The molecular weight excluding hydrogens is 478 g/mol. The number of benzene rings is 3. The Balaban J connectivity index is 1.92. The Labute approximate surface area is 215 Å². The van der Waals surface area contributed by atoms with Gasteiger partial charge in [0.1, 0.15) is 17.3 Å². The van der Waals surface area contributed by atoms with Crippen molar-refractivity contribution in [3.05, 3.63) is 93.0 Å². The maximum absolute atomic E-state index is 13.4. The molecule has 1 heterocycles. The van der Waals surface area contributed by atoms with Gasteiger partial charge in [0.05, 0.1) is 23.2 Å². The number of anilines is 1. The number of aromatic hydroxyl groups is 1. The highest BCUT2D eigenvalue weighted by Crippen LogP contribution is 2.44. The van der Waals surface area contributed by atoms with Gasteiger partial charge >= 0.3 is 0 Å². The van der Waals surface area contributed by atoms with E-state index in [-0.39, 0.29) is 22.1 Å². The SMILES string of the molecule is CCCOc1ccc(/C(O)=C2/C(=O)C(=O)N(c3cc(C)cc(C)c3)C2c2ccc(O)c(Cl)c2)cc1C. The van der Waals surface area contributed by atoms with Crippen LogP contribution in [-0.2, 0) is 9.59 Å². The highest BCUT2D eigenvalue weighted by molar-refractivity contribution is 6.51. The first-order chi connectivity index (χ1) is 17.1. The summed E-state index contributed by atoms with van der Waals surface area (Å²) < 4.78 is 5.73. The van der Waals surface area contributed by atoms with Crippen LogP contribution in [0.1, 0.15) is 47.2 Å². The Morgan fingerprint density at radius 1 is 1.00 bits per heavy atom. The van der Waals surface area contributed by atoms with Crippen LogP contribution in [0, 0.1) is 20.8 Å². The van der Waals surface area contributed by atoms with E-state index >= 15 is 0 Å². The minimum atomic E-state index is -0.944. The van der Waals surface area contributed by atoms with Gasteiger partial charge in [-0.25, -0.2) is 0 Å². The average Bonchev–Trinajstić information content (AvgIpc) is 3.09. The van der Waals surface area contributed by atoms with Crippen molar-refractivity contribution in [3.63, 3.8) is 0 Å². The average molecular weight is 506 g/mol. The first kappa shape index (κ1) is 25.3. The lowest BCUT2D eigenvalue weighted by Gasteiger charge is -2.26. The summed E-state index contributed by atoms with van der Waals surface area (Å²) in [7, 11) is 0. The molecule has 3 aromatic carbocycles. The molecule has 36 heavy (non-hydrogen) atoms. The number of hydrogen-bond donors (Lipinski definition) is 2. The molecule has 0 spiro atoms. The molecule has 1 aliphatic rings. The number of hydrogen-bond acceptors (Lipinski definition) is 5. The fourth-order valence-electron chi connectivity index (χ4n) is 4.52. The Morgan fingerprint density at radius 3 is 2.31 bits per heavy atom. The van der Waals surface area contributed by atoms with E-state index in [2.05, 4.69) is 0 Å². The lowest BCUT2D eigenvalue weighted by molar-refractivity contribution is -0.132. The monoisotopic (exact) mass is 505 g/mol. The molecule has 186 valence electrons. The number of Topliss-reactive ketones (excluding diaryl/α,β-unsaturated/α-hetero) is 1. The number of halogens is 1. The van der Waals surface area contributed by atoms with Crippen LogP contribution in [0.4, 0.5) is 5.69 Å². The Kier molecular flexibility index (Phi) is 7.09. The third-order valence-electron chi connectivity index (χ3n) is 6.13. The van der Waals surface area contributed by atoms with Crippen LogP contribution in [0.2, 0.25) is 5.02 Å². The van der Waals surface area contributed by atoms with Crippen molar-refractivity contribution in [2.24, 2.45) is 0 Å². The molecule has 6 nitrogen and oxygen atoms in total. The van der Waals surface area contributed by atoms with E-state index < -0.39 is 17.7 Å². The highest BCUT2D eigenvalue weighted by atomic mass is 35.5. The van der Waals surface area contributed by atoms with Crippen molar-refractivity contribution in [3.8, 4) is 11.5 Å². The Morgan fingerprint density at radius 2 is 1.69 bits per heavy atom. The summed E-state index contributed by atoms with van der Waals surface area (Å²) in [6.07, 6.45) is 0.859. The standard InChI is InChI=1S/C29H28ClNO5/c1-5-10-36-24-9-7-20(14-18(24)4)27(33)25-26(19-6-8-23(32)22(30)15-19)31(29(35)28(25)34)21-12-16(2)11-17(3)13-21/h6-9,11-15,26,32-33H,5,10H2,1-4H3/b27-25-. The van der Waals surface area contributed by atoms with Crippen molar-refractivity contribution < 1.29 is 24.5 Å². The lowest BCUT2D eigenvalue weighted by Crippen LogP contribution is -2.29. The number of rotatable bonds is 6. The molecule has 7 heteroatoms. The highest BCUT2D eigenvalue weighted by Gasteiger charge is 2.47. The molecule has 1 saturated heterocycles. The molecule has 2 N–H and O–H groups in total. The van der Waals surface area contributed by atoms with E-state index in [4.69, 9.17) is 16.3 Å². The van der Waals surface area contributed by atoms with Gasteiger partial charge in [-0.1, -0.05) is 30.7 Å². The second-order valence-electron chi connectivity index (χ2n) is 9.05. The Bertz CT molecular complexity index is 1370. The lowest BCUT2D eigenvalue weighted by atomic mass is 9.94. The van der Waals surface area contributed by atoms with Crippen molar-refractivity contribution in [1.29, 1.82) is 0 Å². The first-order valence-corrected chi connectivity index (χ1v) is 12.1. The van der Waals surface area contributed by atoms with Crippen LogP contribution in [0.5, 0.6) is 11.5 Å². The number of aliphatic hydroxyl groups excluding tert-OH is 1. The Hall–Kier alpha value is -3.77. The zero-order chi connectivity index (χ0) is 26.1. The molecule has 1 amide bonds. The van der Waals surface area contributed by atoms with Gasteiger partial charge in [-0.05, 0) is 91.9 Å². The topological polar surface area (TPSA) is 87.1 Å². The van der Waals surface area contributed by atoms with E-state index in [1.54, 1.807) is 24.3 Å². The minimum Gasteiger partial charge on any atom is -0.507 e. The number of aliphatic hydroxyl groups is 1. The minimum absolute atomic E-state index is 0.0532. The number of amides is 1. The molecule has 0 bridgehead atoms. The maximum Gasteiger partial charge on any atom is 0.300 e. The molecule has 1 aliphatic heterocycles. The van der Waals surface area contributed by atoms with Crippen LogP contribution in [0.3, 0.4) is 0 Å². The molecule has 3 aromatic rings. The molecule has 0 saturated carbocycles. The summed E-state index contributed by atoms with van der Waals surface area (Å²) >= 11 is 6.20. The van der Waals surface area contributed by atoms with Crippen LogP contribution in [0.15, 0.2) is 60.2 Å². The number of nitrogens with zero attached hydrogens (tertiary/aromatic N) is 1. The maximum atomic E-state index is 13.4. The number of carbonyl (C=O) groups excluding carboxylic acids is 2. The number of ether oxygens (including phenoxy) is 1. The third-order valence-corrected chi connectivity index (χ3v) is 6.43. The second-order valence-corrected chi connectivity index (χ2v) is 9.46. The molecule has 0 aliphatic carbocycles. The summed E-state index contributed by atoms with van der Waals surface area (Å²) in [5.41, 5.74) is 3.99. The molecule has 1 unspecified atom stereocenters. The van der Waals surface area contributed by atoms with Crippen molar-refractivity contribution in [1.82, 2.24) is 0 Å². The van der Waals surface area contributed by atoms with Crippen molar-refractivity contribution in [2.45, 2.75) is 40.2 Å². The predicted molar refractivity (Wildman–Crippen MR) is 141 cm³/mol. The smallest absolute Gasteiger partial charge is 0.300 e. The van der Waals surface area contributed by atoms with Crippen molar-refractivity contribution >= 4 is 34.7 Å². The first-order valence-electron chi connectivity index (χ1n) is 11.7. The number of phenols is 1. The largest absolute Gasteiger partial charge is 0.507 e. The van der Waals surface area contributed by atoms with Gasteiger partial charge in [0.15, 0.2) is 0 Å². The molecule has 4 rings (SSSR count). The summed E-state index contributed by atoms with van der Waals surface area (Å²) in [6.45, 7) is 8.25. The van der Waals surface area contributed by atoms with Gasteiger partial charge in [0, 0.05) is 11.3 Å². The van der Waals surface area contributed by atoms with Gasteiger partial charge in [-0.15, -0.1) is 0 Å². The zero-order valence-electron chi connectivity index (χ0n) is 20.6. The zero-order valence-corrected chi connectivity index (χ0v) is 21.4. The van der Waals surface area contributed by atoms with Crippen LogP contribution in [-0.4, -0.2) is 28.5 Å². The van der Waals surface area contributed by atoms with E-state index in [1.165, 1.54) is 17.0 Å². The quantitative estimate of drug-likeness (QED) is 0.230. The number of ketones is 1. The van der Waals surface area contributed by atoms with Gasteiger partial charge in [-0.2, -0.15) is 0 Å². The van der Waals surface area contributed by atoms with E-state index in [0.717, 1.165) is 23.1 Å². The van der Waals surface area contributed by atoms with E-state index in [0.29, 0.717) is 29.2 Å². The van der Waals surface area contributed by atoms with Crippen LogP contribution < -0.4 is 9.64 Å². The predicted octanol–water partition coefficient (Wildman–Crippen LogP) is 6.39. The molecule has 1 atom stereocenters. The van der Waals surface area contributed by atoms with Gasteiger partial charge in [0.25, 0.3) is 11.7 Å². The number of aryl methyl sites for hydroxylation is 3. The molecule has 0 aromatic heterocycles. The summed E-state index contributed by atoms with van der Waals surface area (Å²) in [4.78, 5) is 28.1. The van der Waals surface area contributed by atoms with Crippen LogP contribution in [0.25, 0.3) is 5.76 Å². The van der Waals surface area contributed by atoms with Gasteiger partial charge < -0.3 is 14.9 Å². The molecular formula is C29H28ClNO5. The number of phenolic OH excluding ortho intramolecular Hbond substituents is 1. The molecule has 1 fully saturated rings. The summed E-state index contributed by atoms with van der Waals surface area (Å²) in [5.74, 6) is -1.28. The van der Waals surface area contributed by atoms with Crippen molar-refractivity contribution in [2.75, 3.05) is 11.5 Å². The van der Waals surface area contributed by atoms with Crippen LogP contribution >= 0.6 is 11.6 Å². The van der Waals surface area contributed by atoms with E-state index in [9.17, 15) is 19.8 Å². The summed E-state index contributed by atoms with van der Waals surface area (Å²) in [6, 6.07) is 14.3. The second kappa shape index (κ2) is 10.1. The van der Waals surface area contributed by atoms with Gasteiger partial charge in [-0.3, -0.25) is 14.5 Å².